The summed E-state index contributed by atoms with van der Waals surface area (Å²) in [6.07, 6.45) is 27.6. The zero-order valence-corrected chi connectivity index (χ0v) is 43.8. The molecule has 0 radical (unpaired) electrons. The van der Waals surface area contributed by atoms with Crippen LogP contribution in [0.3, 0.4) is 0 Å². The van der Waals surface area contributed by atoms with Gasteiger partial charge in [-0.05, 0) is 130 Å². The molecule has 0 unspecified atom stereocenters. The van der Waals surface area contributed by atoms with Crippen molar-refractivity contribution in [2.45, 2.75) is 249 Å². The summed E-state index contributed by atoms with van der Waals surface area (Å²) in [4.78, 5) is 92.9. The Balaban J connectivity index is 1.96. The van der Waals surface area contributed by atoms with E-state index in [9.17, 15) is 33.6 Å². The molecule has 7 amide bonds. The van der Waals surface area contributed by atoms with Crippen LogP contribution in [0.1, 0.15) is 207 Å². The van der Waals surface area contributed by atoms with E-state index >= 15 is 0 Å². The highest BCUT2D eigenvalue weighted by atomic mass is 16.2. The highest BCUT2D eigenvalue weighted by Gasteiger charge is 2.31. The van der Waals surface area contributed by atoms with Gasteiger partial charge in [-0.1, -0.05) is 103 Å². The molecule has 2 aliphatic rings. The largest absolute Gasteiger partial charge is 0.354 e. The fourth-order valence-corrected chi connectivity index (χ4v) is 9.05. The summed E-state index contributed by atoms with van der Waals surface area (Å²) in [5.74, 6) is -2.64. The molecule has 0 aromatic heterocycles. The first-order valence-electron chi connectivity index (χ1n) is 27.9. The van der Waals surface area contributed by atoms with Gasteiger partial charge in [-0.2, -0.15) is 0 Å². The smallest absolute Gasteiger partial charge is 0.243 e. The first-order valence-corrected chi connectivity index (χ1v) is 27.9. The Morgan fingerprint density at radius 2 is 0.757 bits per heavy atom. The molecule has 2 rings (SSSR count). The molecule has 2 saturated heterocycles. The summed E-state index contributed by atoms with van der Waals surface area (Å²) >= 11 is 0. The number of nitrogens with two attached hydrogens (primary N) is 2. The molecule has 0 aliphatic carbocycles. The molecule has 2 heterocycles. The number of amides is 7. The second kappa shape index (κ2) is 39.7. The van der Waals surface area contributed by atoms with Crippen LogP contribution in [0.5, 0.6) is 0 Å². The minimum atomic E-state index is -0.959. The molecular formula is C52H99N11O7. The molecule has 18 nitrogen and oxygen atoms in total. The average Bonchev–Trinajstić information content (AvgIpc) is 4.10. The zero-order valence-electron chi connectivity index (χ0n) is 43.8. The quantitative estimate of drug-likeness (QED) is 0.0391. The van der Waals surface area contributed by atoms with E-state index in [4.69, 9.17) is 11.5 Å². The molecule has 7 atom stereocenters. The van der Waals surface area contributed by atoms with E-state index in [2.05, 4.69) is 54.8 Å². The lowest BCUT2D eigenvalue weighted by Gasteiger charge is -2.25. The van der Waals surface area contributed by atoms with E-state index in [1.54, 1.807) is 13.8 Å². The first-order chi connectivity index (χ1) is 33.9. The number of hydrogen-bond acceptors (Lipinski definition) is 11. The number of hydrogen-bond donors (Lipinski definition) is 11. The molecule has 2 aliphatic heterocycles. The Morgan fingerprint density at radius 1 is 0.429 bits per heavy atom. The van der Waals surface area contributed by atoms with Gasteiger partial charge >= 0.3 is 0 Å². The molecule has 13 N–H and O–H groups in total. The molecule has 0 spiro atoms. The van der Waals surface area contributed by atoms with E-state index in [1.165, 1.54) is 83.5 Å². The van der Waals surface area contributed by atoms with Crippen LogP contribution in [0.15, 0.2) is 0 Å². The third-order valence-electron chi connectivity index (χ3n) is 13.6. The predicted molar refractivity (Wildman–Crippen MR) is 278 cm³/mol. The Morgan fingerprint density at radius 3 is 1.11 bits per heavy atom. The SMILES string of the molecule is CCCCCCCCCCCCCCCCCCNC(=O)[C@H](CCCCNC(=O)[C@H](CCCCN)NC(=O)[C@H](C)NC(=O)[C@@H]1CCCN1)NC(=O)[C@H](CCCCN)NC(=O)[C@H](C)NC(=O)[C@@H]1CCCN1. The number of unbranched alkanes of at least 4 members (excludes halogenated alkanes) is 18. The summed E-state index contributed by atoms with van der Waals surface area (Å²) in [5, 5.41) is 26.2. The van der Waals surface area contributed by atoms with Gasteiger partial charge < -0.3 is 59.3 Å². The predicted octanol–water partition coefficient (Wildman–Crippen LogP) is 3.88. The van der Waals surface area contributed by atoms with Crippen molar-refractivity contribution in [3.05, 3.63) is 0 Å². The van der Waals surface area contributed by atoms with Crippen LogP contribution in [-0.4, -0.2) is 123 Å². The molecule has 2 fully saturated rings. The Hall–Kier alpha value is -3.87. The van der Waals surface area contributed by atoms with Crippen molar-refractivity contribution in [3.8, 4) is 0 Å². The maximum atomic E-state index is 13.9. The molecule has 0 aromatic rings. The highest BCUT2D eigenvalue weighted by Crippen LogP contribution is 2.15. The monoisotopic (exact) mass is 990 g/mol. The fourth-order valence-electron chi connectivity index (χ4n) is 9.05. The molecule has 70 heavy (non-hydrogen) atoms. The maximum absolute atomic E-state index is 13.9. The third kappa shape index (κ3) is 28.2. The van der Waals surface area contributed by atoms with Crippen molar-refractivity contribution in [3.63, 3.8) is 0 Å². The summed E-state index contributed by atoms with van der Waals surface area (Å²) in [6, 6.07) is -5.10. The topological polar surface area (TPSA) is 280 Å². The van der Waals surface area contributed by atoms with Crippen LogP contribution in [-0.2, 0) is 33.6 Å². The lowest BCUT2D eigenvalue weighted by atomic mass is 10.0. The normalized spacial score (nSPS) is 17.7. The van der Waals surface area contributed by atoms with Crippen molar-refractivity contribution in [2.75, 3.05) is 39.3 Å². The number of carbonyl (C=O) groups excluding carboxylic acids is 7. The zero-order chi connectivity index (χ0) is 51.2. The molecule has 18 heteroatoms. The van der Waals surface area contributed by atoms with E-state index < -0.39 is 47.9 Å². The van der Waals surface area contributed by atoms with Gasteiger partial charge in [0.1, 0.15) is 30.2 Å². The van der Waals surface area contributed by atoms with Gasteiger partial charge in [-0.15, -0.1) is 0 Å². The lowest BCUT2D eigenvalue weighted by molar-refractivity contribution is -0.134. The van der Waals surface area contributed by atoms with Gasteiger partial charge in [0.15, 0.2) is 0 Å². The number of carbonyl (C=O) groups is 7. The average molecular weight is 990 g/mol. The summed E-state index contributed by atoms with van der Waals surface area (Å²) < 4.78 is 0. The summed E-state index contributed by atoms with van der Waals surface area (Å²) in [6.45, 7) is 8.52. The van der Waals surface area contributed by atoms with E-state index in [0.29, 0.717) is 83.8 Å². The maximum Gasteiger partial charge on any atom is 0.243 e. The van der Waals surface area contributed by atoms with Gasteiger partial charge in [0.25, 0.3) is 0 Å². The Kier molecular flexibility index (Phi) is 35.3. The second-order valence-corrected chi connectivity index (χ2v) is 19.9. The van der Waals surface area contributed by atoms with E-state index in [-0.39, 0.29) is 48.7 Å². The molecular weight excluding hydrogens is 891 g/mol. The van der Waals surface area contributed by atoms with Crippen LogP contribution in [0.2, 0.25) is 0 Å². The number of rotatable bonds is 42. The van der Waals surface area contributed by atoms with Gasteiger partial charge in [-0.3, -0.25) is 33.6 Å². The second-order valence-electron chi connectivity index (χ2n) is 19.9. The summed E-state index contributed by atoms with van der Waals surface area (Å²) in [7, 11) is 0. The van der Waals surface area contributed by atoms with Crippen LogP contribution >= 0.6 is 0 Å². The minimum Gasteiger partial charge on any atom is -0.354 e. The first kappa shape index (κ1) is 62.2. The lowest BCUT2D eigenvalue weighted by Crippen LogP contribution is -2.57. The van der Waals surface area contributed by atoms with Gasteiger partial charge in [0, 0.05) is 13.1 Å². The molecule has 404 valence electrons. The van der Waals surface area contributed by atoms with Crippen LogP contribution in [0.4, 0.5) is 0 Å². The van der Waals surface area contributed by atoms with Crippen LogP contribution in [0.25, 0.3) is 0 Å². The van der Waals surface area contributed by atoms with Crippen molar-refractivity contribution >= 4 is 41.4 Å². The Labute approximate surface area is 421 Å². The third-order valence-corrected chi connectivity index (χ3v) is 13.6. The van der Waals surface area contributed by atoms with Crippen LogP contribution < -0.4 is 59.3 Å². The van der Waals surface area contributed by atoms with E-state index in [0.717, 1.165) is 45.2 Å². The molecule has 0 aromatic carbocycles. The van der Waals surface area contributed by atoms with Crippen LogP contribution in [0, 0.1) is 0 Å². The van der Waals surface area contributed by atoms with Gasteiger partial charge in [-0.25, -0.2) is 0 Å². The van der Waals surface area contributed by atoms with Gasteiger partial charge in [0.2, 0.25) is 41.4 Å². The molecule has 0 bridgehead atoms. The van der Waals surface area contributed by atoms with Gasteiger partial charge in [0.05, 0.1) is 12.1 Å². The van der Waals surface area contributed by atoms with Crippen molar-refractivity contribution in [2.24, 2.45) is 11.5 Å². The Bertz CT molecular complexity index is 1480. The van der Waals surface area contributed by atoms with Crippen molar-refractivity contribution < 1.29 is 33.6 Å². The number of nitrogens with one attached hydrogen (secondary N) is 9. The van der Waals surface area contributed by atoms with E-state index in [1.807, 2.05) is 0 Å². The highest BCUT2D eigenvalue weighted by molar-refractivity contribution is 5.95. The molecule has 0 saturated carbocycles. The standard InChI is InChI=1S/C52H99N11O7/c1-4-5-6-7-8-9-10-11-12-13-14-15-16-17-18-24-35-57-49(67)44(63-52(70)45(29-20-23-34-54)62-47(65)40(3)60-51(69)42-32-27-38-56-42)30-21-25-36-58-48(66)43(28-19-22-33-53)61-46(64)39(2)59-50(68)41-31-26-37-55-41/h39-45,55-56H,4-38,53-54H2,1-3H3,(H,57,67)(H,58,66)(H,59,68)(H,60,69)(H,61,64)(H,62,65)(H,63,70)/t39-,40-,41-,42-,43-,44-,45-/m0/s1. The van der Waals surface area contributed by atoms with Crippen molar-refractivity contribution in [1.29, 1.82) is 0 Å². The fraction of sp³-hybridized carbons (Fsp3) is 0.865. The minimum absolute atomic E-state index is 0.244. The summed E-state index contributed by atoms with van der Waals surface area (Å²) in [5.41, 5.74) is 11.5. The van der Waals surface area contributed by atoms with Crippen molar-refractivity contribution in [1.82, 2.24) is 47.9 Å².